The van der Waals surface area contributed by atoms with E-state index >= 15 is 0 Å². The van der Waals surface area contributed by atoms with Gasteiger partial charge in [0.1, 0.15) is 0 Å². The maximum absolute atomic E-state index is 11.7. The molecule has 1 aliphatic heterocycles. The molecule has 1 atom stereocenters. The van der Waals surface area contributed by atoms with Crippen molar-refractivity contribution in [2.24, 2.45) is 0 Å². The molecule has 0 aromatic heterocycles. The molecule has 0 bridgehead atoms. The third kappa shape index (κ3) is 5.14. The quantitative estimate of drug-likeness (QED) is 0.661. The molecule has 1 heterocycles. The molecule has 1 rings (SSSR count). The predicted molar refractivity (Wildman–Crippen MR) is 59.8 cm³/mol. The van der Waals surface area contributed by atoms with Crippen LogP contribution in [0.4, 0.5) is 0 Å². The van der Waals surface area contributed by atoms with Crippen LogP contribution in [-0.2, 0) is 9.53 Å². The average Bonchev–Trinajstić information content (AvgIpc) is 2.52. The van der Waals surface area contributed by atoms with E-state index in [4.69, 9.17) is 4.74 Å². The smallest absolute Gasteiger partial charge is 0.237 e. The van der Waals surface area contributed by atoms with Gasteiger partial charge < -0.3 is 15.4 Å². The molecule has 1 unspecified atom stereocenters. The lowest BCUT2D eigenvalue weighted by atomic mass is 10.1. The summed E-state index contributed by atoms with van der Waals surface area (Å²) in [6, 6.07) is 0.00845. The van der Waals surface area contributed by atoms with Crippen molar-refractivity contribution in [1.82, 2.24) is 10.6 Å². The summed E-state index contributed by atoms with van der Waals surface area (Å²) in [7, 11) is 0. The fourth-order valence-electron chi connectivity index (χ4n) is 1.77. The van der Waals surface area contributed by atoms with Gasteiger partial charge in [0.15, 0.2) is 0 Å². The van der Waals surface area contributed by atoms with E-state index in [1.807, 2.05) is 6.92 Å². The predicted octanol–water partition coefficient (Wildman–Crippen LogP) is 0.671. The Labute approximate surface area is 91.8 Å². The largest absolute Gasteiger partial charge is 0.380 e. The summed E-state index contributed by atoms with van der Waals surface area (Å²) in [6.07, 6.45) is 4.52. The zero-order valence-electron chi connectivity index (χ0n) is 9.55. The number of amides is 1. The Bertz CT molecular complexity index is 177. The topological polar surface area (TPSA) is 50.4 Å². The molecule has 0 radical (unpaired) electrons. The molecule has 0 aromatic rings. The van der Waals surface area contributed by atoms with Crippen molar-refractivity contribution in [1.29, 1.82) is 0 Å². The second-order valence-electron chi connectivity index (χ2n) is 3.84. The molecule has 2 N–H and O–H groups in total. The Morgan fingerprint density at radius 2 is 2.33 bits per heavy atom. The van der Waals surface area contributed by atoms with E-state index in [0.717, 1.165) is 19.4 Å². The van der Waals surface area contributed by atoms with Crippen LogP contribution in [0.15, 0.2) is 0 Å². The van der Waals surface area contributed by atoms with Crippen LogP contribution >= 0.6 is 0 Å². The number of nitrogens with one attached hydrogen (secondary N) is 2. The highest BCUT2D eigenvalue weighted by molar-refractivity contribution is 5.81. The zero-order chi connectivity index (χ0) is 10.9. The summed E-state index contributed by atoms with van der Waals surface area (Å²) in [6.45, 7) is 4.84. The van der Waals surface area contributed by atoms with Crippen LogP contribution in [0.3, 0.4) is 0 Å². The summed E-state index contributed by atoms with van der Waals surface area (Å²) in [5, 5.41) is 6.16. The average molecular weight is 214 g/mol. The maximum atomic E-state index is 11.7. The molecule has 0 aliphatic carbocycles. The van der Waals surface area contributed by atoms with Gasteiger partial charge in [0, 0.05) is 13.2 Å². The van der Waals surface area contributed by atoms with Crippen LogP contribution in [0.25, 0.3) is 0 Å². The Morgan fingerprint density at radius 3 is 3.13 bits per heavy atom. The third-order valence-electron chi connectivity index (χ3n) is 2.63. The Morgan fingerprint density at radius 1 is 1.47 bits per heavy atom. The van der Waals surface area contributed by atoms with E-state index in [1.54, 1.807) is 0 Å². The van der Waals surface area contributed by atoms with Crippen LogP contribution in [0.2, 0.25) is 0 Å². The summed E-state index contributed by atoms with van der Waals surface area (Å²) >= 11 is 0. The van der Waals surface area contributed by atoms with Gasteiger partial charge >= 0.3 is 0 Å². The fraction of sp³-hybridized carbons (Fsp3) is 0.909. The number of carbonyl (C=O) groups is 1. The molecule has 4 nitrogen and oxygen atoms in total. The molecule has 1 aliphatic rings. The zero-order valence-corrected chi connectivity index (χ0v) is 9.55. The number of carbonyl (C=O) groups excluding carboxylic acids is 1. The Kier molecular flexibility index (Phi) is 6.36. The Hall–Kier alpha value is -0.610. The first-order valence-corrected chi connectivity index (χ1v) is 5.93. The molecule has 0 saturated carbocycles. The third-order valence-corrected chi connectivity index (χ3v) is 2.63. The van der Waals surface area contributed by atoms with Crippen molar-refractivity contribution in [2.75, 3.05) is 26.3 Å². The molecule has 1 saturated heterocycles. The lowest BCUT2D eigenvalue weighted by molar-refractivity contribution is -0.123. The lowest BCUT2D eigenvalue weighted by Crippen LogP contribution is -2.44. The Balaban J connectivity index is 2.14. The van der Waals surface area contributed by atoms with E-state index in [9.17, 15) is 4.79 Å². The number of hydrogen-bond acceptors (Lipinski definition) is 3. The summed E-state index contributed by atoms with van der Waals surface area (Å²) in [5.41, 5.74) is 0. The minimum Gasteiger partial charge on any atom is -0.380 e. The normalized spacial score (nSPS) is 22.1. The van der Waals surface area contributed by atoms with Gasteiger partial charge in [0.05, 0.1) is 12.6 Å². The van der Waals surface area contributed by atoms with Crippen LogP contribution in [0.1, 0.15) is 32.6 Å². The van der Waals surface area contributed by atoms with Gasteiger partial charge in [-0.3, -0.25) is 4.79 Å². The summed E-state index contributed by atoms with van der Waals surface area (Å²) in [5.74, 6) is 0.122. The van der Waals surface area contributed by atoms with Gasteiger partial charge in [-0.2, -0.15) is 0 Å². The molecule has 4 heteroatoms. The van der Waals surface area contributed by atoms with Crippen molar-refractivity contribution >= 4 is 5.91 Å². The van der Waals surface area contributed by atoms with Gasteiger partial charge in [-0.25, -0.2) is 0 Å². The van der Waals surface area contributed by atoms with E-state index < -0.39 is 0 Å². The minimum absolute atomic E-state index is 0.00845. The summed E-state index contributed by atoms with van der Waals surface area (Å²) < 4.78 is 5.16. The first-order valence-electron chi connectivity index (χ1n) is 5.93. The number of rotatable bonds is 5. The van der Waals surface area contributed by atoms with E-state index in [2.05, 4.69) is 10.6 Å². The monoisotopic (exact) mass is 214 g/mol. The number of ether oxygens (including phenoxy) is 1. The van der Waals surface area contributed by atoms with Gasteiger partial charge in [-0.1, -0.05) is 12.8 Å². The van der Waals surface area contributed by atoms with Crippen LogP contribution in [0, 0.1) is 0 Å². The van der Waals surface area contributed by atoms with Crippen LogP contribution in [0.5, 0.6) is 0 Å². The molecule has 0 spiro atoms. The first-order chi connectivity index (χ1) is 7.34. The van der Waals surface area contributed by atoms with Crippen molar-refractivity contribution in [2.45, 2.75) is 38.6 Å². The van der Waals surface area contributed by atoms with E-state index in [-0.39, 0.29) is 11.9 Å². The van der Waals surface area contributed by atoms with Crippen molar-refractivity contribution < 1.29 is 9.53 Å². The van der Waals surface area contributed by atoms with Crippen LogP contribution < -0.4 is 10.6 Å². The second-order valence-corrected chi connectivity index (χ2v) is 3.84. The molecular formula is C11H22N2O2. The van der Waals surface area contributed by atoms with Gasteiger partial charge in [-0.05, 0) is 26.3 Å². The fourth-order valence-corrected chi connectivity index (χ4v) is 1.77. The second kappa shape index (κ2) is 7.65. The molecule has 15 heavy (non-hydrogen) atoms. The first kappa shape index (κ1) is 12.5. The number of hydrogen-bond donors (Lipinski definition) is 2. The molecule has 1 amide bonds. The van der Waals surface area contributed by atoms with Crippen molar-refractivity contribution in [3.05, 3.63) is 0 Å². The maximum Gasteiger partial charge on any atom is 0.237 e. The van der Waals surface area contributed by atoms with Gasteiger partial charge in [0.2, 0.25) is 5.91 Å². The summed E-state index contributed by atoms with van der Waals surface area (Å²) in [4.78, 5) is 11.7. The van der Waals surface area contributed by atoms with Crippen molar-refractivity contribution in [3.8, 4) is 0 Å². The molecule has 0 aromatic carbocycles. The van der Waals surface area contributed by atoms with Crippen LogP contribution in [-0.4, -0.2) is 38.3 Å². The highest BCUT2D eigenvalue weighted by Gasteiger charge is 2.18. The molecular weight excluding hydrogens is 192 g/mol. The highest BCUT2D eigenvalue weighted by atomic mass is 16.5. The van der Waals surface area contributed by atoms with Crippen molar-refractivity contribution in [3.63, 3.8) is 0 Å². The molecule has 88 valence electrons. The highest BCUT2D eigenvalue weighted by Crippen LogP contribution is 2.08. The lowest BCUT2D eigenvalue weighted by Gasteiger charge is -2.15. The standard InChI is InChI=1S/C11H22N2O2/c1-2-15-9-8-13-11(14)10-6-4-3-5-7-12-10/h10,12H,2-9H2,1H3,(H,13,14). The van der Waals surface area contributed by atoms with E-state index in [0.29, 0.717) is 19.8 Å². The van der Waals surface area contributed by atoms with Gasteiger partial charge in [0.25, 0.3) is 0 Å². The SMILES string of the molecule is CCOCCNC(=O)C1CCCCCN1. The molecule has 1 fully saturated rings. The van der Waals surface area contributed by atoms with Gasteiger partial charge in [-0.15, -0.1) is 0 Å². The minimum atomic E-state index is 0.00845. The van der Waals surface area contributed by atoms with E-state index in [1.165, 1.54) is 12.8 Å².